The van der Waals surface area contributed by atoms with Crippen LogP contribution in [0.4, 0.5) is 0 Å². The first-order valence-corrected chi connectivity index (χ1v) is 10.2. The van der Waals surface area contributed by atoms with E-state index in [1.807, 2.05) is 37.3 Å². The fraction of sp³-hybridized carbons (Fsp3) is 0.158. The number of benzene rings is 2. The molecule has 2 unspecified atom stereocenters. The Kier molecular flexibility index (Phi) is 5.45. The van der Waals surface area contributed by atoms with Crippen molar-refractivity contribution in [1.82, 2.24) is 0 Å². The Morgan fingerprint density at radius 1 is 1.15 bits per heavy atom. The molecule has 0 radical (unpaired) electrons. The van der Waals surface area contributed by atoms with E-state index in [0.717, 1.165) is 11.1 Å². The molecule has 0 amide bonds. The molecule has 0 N–H and O–H groups in total. The second-order valence-corrected chi connectivity index (χ2v) is 8.16. The van der Waals surface area contributed by atoms with Crippen LogP contribution in [-0.2, 0) is 14.4 Å². The Labute approximate surface area is 157 Å². The van der Waals surface area contributed by atoms with Crippen molar-refractivity contribution < 1.29 is 12.7 Å². The highest BCUT2D eigenvalue weighted by Crippen LogP contribution is 2.37. The molecule has 0 bridgehead atoms. The lowest BCUT2D eigenvalue weighted by Crippen LogP contribution is -2.16. The Bertz CT molecular complexity index is 993. The molecule has 2 atom stereocenters. The third-order valence-corrected chi connectivity index (χ3v) is 6.04. The molecule has 5 nitrogen and oxygen atoms in total. The van der Waals surface area contributed by atoms with Gasteiger partial charge in [0, 0.05) is 5.92 Å². The third-order valence-electron chi connectivity index (χ3n) is 4.04. The van der Waals surface area contributed by atoms with Crippen molar-refractivity contribution in [3.05, 3.63) is 77.2 Å². The average Bonchev–Trinajstić information content (AvgIpc) is 3.11. The smallest absolute Gasteiger partial charge is 0.264 e. The van der Waals surface area contributed by atoms with Crippen molar-refractivity contribution in [3.63, 3.8) is 0 Å². The summed E-state index contributed by atoms with van der Waals surface area (Å²) in [6.07, 6.45) is 1.85. The van der Waals surface area contributed by atoms with Gasteiger partial charge in [-0.25, -0.2) is 0 Å². The molecule has 0 spiro atoms. The molecule has 1 aliphatic rings. The predicted octanol–water partition coefficient (Wildman–Crippen LogP) is 4.20. The molecule has 0 saturated carbocycles. The first-order chi connectivity index (χ1) is 12.5. The molecule has 132 valence electrons. The molecule has 0 aromatic heterocycles. The molecule has 2 aromatic rings. The molecule has 2 aromatic carbocycles. The lowest BCUT2D eigenvalue weighted by Gasteiger charge is -2.18. The minimum atomic E-state index is -3.99. The number of allylic oxidation sites excluding steroid dienone is 1. The van der Waals surface area contributed by atoms with Crippen LogP contribution in [0.2, 0.25) is 0 Å². The average molecular weight is 384 g/mol. The zero-order valence-electron chi connectivity index (χ0n) is 13.9. The Hall–Kier alpha value is -2.56. The minimum absolute atomic E-state index is 0.0348. The number of rotatable bonds is 5. The molecule has 1 heterocycles. The zero-order valence-corrected chi connectivity index (χ0v) is 15.6. The maximum Gasteiger partial charge on any atom is 0.358 e. The van der Waals surface area contributed by atoms with Gasteiger partial charge in [-0.1, -0.05) is 65.5 Å². The van der Waals surface area contributed by atoms with E-state index in [2.05, 4.69) is 11.2 Å². The van der Waals surface area contributed by atoms with Gasteiger partial charge in [-0.2, -0.15) is 13.7 Å². The molecule has 7 heteroatoms. The number of hydrogen-bond donors (Lipinski definition) is 0. The number of hydrogen-bond acceptors (Lipinski definition) is 6. The van der Waals surface area contributed by atoms with Crippen LogP contribution >= 0.6 is 11.8 Å². The van der Waals surface area contributed by atoms with E-state index in [1.54, 1.807) is 23.6 Å². The van der Waals surface area contributed by atoms with Crippen LogP contribution in [0, 0.1) is 24.2 Å². The van der Waals surface area contributed by atoms with Crippen molar-refractivity contribution in [1.29, 1.82) is 5.26 Å². The molecule has 0 saturated heterocycles. The second-order valence-electron chi connectivity index (χ2n) is 5.71. The van der Waals surface area contributed by atoms with Gasteiger partial charge in [0.15, 0.2) is 0 Å². The summed E-state index contributed by atoms with van der Waals surface area (Å²) < 4.78 is 29.4. The Morgan fingerprint density at radius 3 is 2.54 bits per heavy atom. The SMILES string of the molecule is Cc1ccccc1C(C#N)C1C=CS/C1=N\OS(=O)(=O)c1ccccc1. The lowest BCUT2D eigenvalue weighted by molar-refractivity contribution is 0.338. The van der Waals surface area contributed by atoms with Gasteiger partial charge in [0.05, 0.1) is 12.0 Å². The van der Waals surface area contributed by atoms with Crippen LogP contribution in [0.5, 0.6) is 0 Å². The maximum atomic E-state index is 12.2. The fourth-order valence-electron chi connectivity index (χ4n) is 2.69. The summed E-state index contributed by atoms with van der Waals surface area (Å²) in [5.74, 6) is -0.818. The van der Waals surface area contributed by atoms with E-state index in [-0.39, 0.29) is 10.8 Å². The second kappa shape index (κ2) is 7.77. The van der Waals surface area contributed by atoms with Crippen LogP contribution < -0.4 is 0 Å². The summed E-state index contributed by atoms with van der Waals surface area (Å²) in [7, 11) is -3.99. The van der Waals surface area contributed by atoms with E-state index < -0.39 is 16.0 Å². The van der Waals surface area contributed by atoms with Crippen LogP contribution in [0.25, 0.3) is 0 Å². The molecular formula is C19H16N2O3S2. The minimum Gasteiger partial charge on any atom is -0.264 e. The highest BCUT2D eigenvalue weighted by atomic mass is 32.2. The fourth-order valence-corrected chi connectivity index (χ4v) is 4.33. The van der Waals surface area contributed by atoms with Crippen molar-refractivity contribution in [2.75, 3.05) is 0 Å². The first-order valence-electron chi connectivity index (χ1n) is 7.88. The summed E-state index contributed by atoms with van der Waals surface area (Å²) in [5, 5.41) is 15.8. The molecule has 3 rings (SSSR count). The Balaban J connectivity index is 1.86. The van der Waals surface area contributed by atoms with E-state index in [9.17, 15) is 13.7 Å². The van der Waals surface area contributed by atoms with Gasteiger partial charge in [-0.3, -0.25) is 4.28 Å². The normalized spacial score (nSPS) is 19.2. The van der Waals surface area contributed by atoms with Gasteiger partial charge in [-0.15, -0.1) is 0 Å². The highest BCUT2D eigenvalue weighted by molar-refractivity contribution is 8.16. The van der Waals surface area contributed by atoms with Gasteiger partial charge in [0.1, 0.15) is 9.94 Å². The summed E-state index contributed by atoms with van der Waals surface area (Å²) in [4.78, 5) is 0.0348. The van der Waals surface area contributed by atoms with Crippen molar-refractivity contribution in [2.24, 2.45) is 11.1 Å². The van der Waals surface area contributed by atoms with Gasteiger partial charge < -0.3 is 0 Å². The van der Waals surface area contributed by atoms with Crippen molar-refractivity contribution in [2.45, 2.75) is 17.7 Å². The number of thioether (sulfide) groups is 1. The quantitative estimate of drug-likeness (QED) is 0.722. The maximum absolute atomic E-state index is 12.2. The lowest BCUT2D eigenvalue weighted by atomic mass is 9.85. The zero-order chi connectivity index (χ0) is 18.6. The summed E-state index contributed by atoms with van der Waals surface area (Å²) >= 11 is 1.26. The first kappa shape index (κ1) is 18.2. The van der Waals surface area contributed by atoms with Crippen molar-refractivity contribution in [3.8, 4) is 6.07 Å². The number of nitrogens with zero attached hydrogens (tertiary/aromatic N) is 2. The van der Waals surface area contributed by atoms with E-state index in [1.165, 1.54) is 23.9 Å². The van der Waals surface area contributed by atoms with Gasteiger partial charge in [-0.05, 0) is 35.6 Å². The van der Waals surface area contributed by atoms with Crippen LogP contribution in [0.1, 0.15) is 17.0 Å². The topological polar surface area (TPSA) is 79.5 Å². The van der Waals surface area contributed by atoms with Crippen LogP contribution in [0.15, 0.2) is 76.1 Å². The standard InChI is InChI=1S/C19H16N2O3S2/c1-14-7-5-6-10-16(14)18(13-20)17-11-12-25-19(17)21-24-26(22,23)15-8-3-2-4-9-15/h2-12,17-18H,1H3/b21-19-. The number of aryl methyl sites for hydroxylation is 1. The Morgan fingerprint density at radius 2 is 1.85 bits per heavy atom. The summed E-state index contributed by atoms with van der Waals surface area (Å²) in [5.41, 5.74) is 1.90. The molecule has 1 aliphatic heterocycles. The summed E-state index contributed by atoms with van der Waals surface area (Å²) in [6.45, 7) is 1.94. The van der Waals surface area contributed by atoms with Gasteiger partial charge >= 0.3 is 10.1 Å². The molecular weight excluding hydrogens is 368 g/mol. The highest BCUT2D eigenvalue weighted by Gasteiger charge is 2.31. The summed E-state index contributed by atoms with van der Waals surface area (Å²) in [6, 6.07) is 17.8. The predicted molar refractivity (Wildman–Crippen MR) is 102 cm³/mol. The third kappa shape index (κ3) is 3.82. The van der Waals surface area contributed by atoms with E-state index >= 15 is 0 Å². The van der Waals surface area contributed by atoms with Crippen LogP contribution in [-0.4, -0.2) is 13.5 Å². The number of nitriles is 1. The van der Waals surface area contributed by atoms with E-state index in [0.29, 0.717) is 5.04 Å². The van der Waals surface area contributed by atoms with Crippen LogP contribution in [0.3, 0.4) is 0 Å². The molecule has 0 aliphatic carbocycles. The monoisotopic (exact) mass is 384 g/mol. The van der Waals surface area contributed by atoms with E-state index in [4.69, 9.17) is 4.28 Å². The molecule has 26 heavy (non-hydrogen) atoms. The number of oxime groups is 1. The molecule has 0 fully saturated rings. The van der Waals surface area contributed by atoms with Crippen molar-refractivity contribution >= 4 is 26.9 Å². The van der Waals surface area contributed by atoms with Gasteiger partial charge in [0.2, 0.25) is 0 Å². The van der Waals surface area contributed by atoms with Gasteiger partial charge in [0.25, 0.3) is 0 Å². The largest absolute Gasteiger partial charge is 0.358 e.